The molecule has 2 aromatic heterocycles. The molecular weight excluding hydrogens is 310 g/mol. The van der Waals surface area contributed by atoms with Crippen molar-refractivity contribution in [2.75, 3.05) is 6.54 Å². The lowest BCUT2D eigenvalue weighted by Gasteiger charge is -2.23. The molecule has 1 amide bonds. The summed E-state index contributed by atoms with van der Waals surface area (Å²) in [6, 6.07) is 6.76. The predicted molar refractivity (Wildman–Crippen MR) is 92.9 cm³/mol. The van der Waals surface area contributed by atoms with Gasteiger partial charge < -0.3 is 4.90 Å². The number of fused-ring (bicyclic) bond motifs is 1. The van der Waals surface area contributed by atoms with Crippen molar-refractivity contribution in [3.8, 4) is 0 Å². The number of likely N-dealkylation sites (tertiary alicyclic amines) is 1. The van der Waals surface area contributed by atoms with Gasteiger partial charge in [0.2, 0.25) is 0 Å². The summed E-state index contributed by atoms with van der Waals surface area (Å²) in [4.78, 5) is 18.9. The Morgan fingerprint density at radius 3 is 2.95 bits per heavy atom. The van der Waals surface area contributed by atoms with Gasteiger partial charge in [0, 0.05) is 16.3 Å². The first-order valence-corrected chi connectivity index (χ1v) is 9.98. The molecule has 1 aliphatic carbocycles. The summed E-state index contributed by atoms with van der Waals surface area (Å²) in [5, 5.41) is 2.11. The van der Waals surface area contributed by atoms with Gasteiger partial charge in [-0.2, -0.15) is 0 Å². The summed E-state index contributed by atoms with van der Waals surface area (Å²) in [7, 11) is 0. The molecule has 1 atom stereocenters. The molecule has 0 aromatic carbocycles. The minimum absolute atomic E-state index is 0.258. The Balaban J connectivity index is 1.58. The van der Waals surface area contributed by atoms with Gasteiger partial charge in [0.05, 0.1) is 10.9 Å². The Morgan fingerprint density at radius 1 is 1.18 bits per heavy atom. The Morgan fingerprint density at radius 2 is 2.09 bits per heavy atom. The third kappa shape index (κ3) is 2.63. The summed E-state index contributed by atoms with van der Waals surface area (Å²) >= 11 is 3.53. The van der Waals surface area contributed by atoms with Crippen LogP contribution in [0.5, 0.6) is 0 Å². The van der Waals surface area contributed by atoms with Gasteiger partial charge in [-0.1, -0.05) is 12.5 Å². The van der Waals surface area contributed by atoms with Crippen molar-refractivity contribution in [2.24, 2.45) is 0 Å². The molecule has 0 spiro atoms. The van der Waals surface area contributed by atoms with Crippen molar-refractivity contribution in [1.29, 1.82) is 0 Å². The summed E-state index contributed by atoms with van der Waals surface area (Å²) in [6.45, 7) is 0.907. The number of carbonyl (C=O) groups is 1. The number of aryl methyl sites for hydroxylation is 2. The van der Waals surface area contributed by atoms with Crippen LogP contribution < -0.4 is 0 Å². The first kappa shape index (κ1) is 14.5. The molecule has 1 saturated heterocycles. The Kier molecular flexibility index (Phi) is 4.05. The number of carbonyl (C=O) groups excluding carboxylic acids is 1. The highest BCUT2D eigenvalue weighted by Gasteiger charge is 2.32. The maximum absolute atomic E-state index is 13.0. The second kappa shape index (κ2) is 6.17. The molecule has 1 unspecified atom stereocenters. The van der Waals surface area contributed by atoms with Crippen LogP contribution in [0.2, 0.25) is 0 Å². The van der Waals surface area contributed by atoms with Crippen molar-refractivity contribution in [3.63, 3.8) is 0 Å². The Hall–Kier alpha value is -1.13. The van der Waals surface area contributed by atoms with E-state index in [9.17, 15) is 4.79 Å². The van der Waals surface area contributed by atoms with Crippen LogP contribution in [0.4, 0.5) is 0 Å². The molecule has 2 aromatic rings. The highest BCUT2D eigenvalue weighted by Crippen LogP contribution is 2.37. The third-order valence-corrected chi connectivity index (χ3v) is 7.04. The Bertz CT molecular complexity index is 635. The van der Waals surface area contributed by atoms with Crippen LogP contribution in [0, 0.1) is 0 Å². The van der Waals surface area contributed by atoms with E-state index in [4.69, 9.17) is 0 Å². The van der Waals surface area contributed by atoms with E-state index in [2.05, 4.69) is 28.5 Å². The highest BCUT2D eigenvalue weighted by molar-refractivity contribution is 7.14. The zero-order valence-electron chi connectivity index (χ0n) is 12.7. The van der Waals surface area contributed by atoms with Gasteiger partial charge in [-0.3, -0.25) is 4.79 Å². The van der Waals surface area contributed by atoms with Crippen LogP contribution in [0.3, 0.4) is 0 Å². The van der Waals surface area contributed by atoms with Crippen LogP contribution in [0.25, 0.3) is 0 Å². The zero-order valence-corrected chi connectivity index (χ0v) is 14.3. The minimum Gasteiger partial charge on any atom is -0.330 e. The molecule has 4 rings (SSSR count). The minimum atomic E-state index is 0.258. The first-order chi connectivity index (χ1) is 10.8. The fourth-order valence-electron chi connectivity index (χ4n) is 3.70. The summed E-state index contributed by atoms with van der Waals surface area (Å²) in [5.74, 6) is 0.258. The maximum Gasteiger partial charge on any atom is 0.264 e. The number of hydrogen-bond donors (Lipinski definition) is 0. The standard InChI is InChI=1S/C18H21NOS2/c20-18(17-12-13-6-2-1-3-8-15(13)22-17)19-10-4-7-14(19)16-9-5-11-21-16/h5,9,11-12,14H,1-4,6-8,10H2. The topological polar surface area (TPSA) is 20.3 Å². The van der Waals surface area contributed by atoms with Crippen molar-refractivity contribution < 1.29 is 4.79 Å². The normalized spacial score (nSPS) is 21.6. The van der Waals surface area contributed by atoms with Crippen molar-refractivity contribution >= 4 is 28.6 Å². The number of amides is 1. The van der Waals surface area contributed by atoms with Crippen LogP contribution in [-0.4, -0.2) is 17.4 Å². The molecule has 4 heteroatoms. The molecule has 2 aliphatic rings. The van der Waals surface area contributed by atoms with E-state index in [1.165, 1.54) is 41.0 Å². The molecule has 1 fully saturated rings. The van der Waals surface area contributed by atoms with E-state index >= 15 is 0 Å². The van der Waals surface area contributed by atoms with E-state index in [-0.39, 0.29) is 5.91 Å². The van der Waals surface area contributed by atoms with E-state index in [0.29, 0.717) is 6.04 Å². The lowest BCUT2D eigenvalue weighted by molar-refractivity contribution is 0.0742. The number of hydrogen-bond acceptors (Lipinski definition) is 3. The van der Waals surface area contributed by atoms with Crippen LogP contribution >= 0.6 is 22.7 Å². The average Bonchev–Trinajstić information content (AvgIpc) is 3.24. The molecule has 0 radical (unpaired) electrons. The zero-order chi connectivity index (χ0) is 14.9. The second-order valence-electron chi connectivity index (χ2n) is 6.29. The lowest BCUT2D eigenvalue weighted by Crippen LogP contribution is -2.29. The maximum atomic E-state index is 13.0. The lowest BCUT2D eigenvalue weighted by atomic mass is 10.1. The van der Waals surface area contributed by atoms with Gasteiger partial charge in [-0.05, 0) is 61.6 Å². The summed E-state index contributed by atoms with van der Waals surface area (Å²) in [6.07, 6.45) is 8.45. The Labute approximate surface area is 139 Å². The quantitative estimate of drug-likeness (QED) is 0.705. The monoisotopic (exact) mass is 331 g/mol. The summed E-state index contributed by atoms with van der Waals surface area (Å²) < 4.78 is 0. The van der Waals surface area contributed by atoms with Gasteiger partial charge in [-0.25, -0.2) is 0 Å². The fraction of sp³-hybridized carbons (Fsp3) is 0.500. The highest BCUT2D eigenvalue weighted by atomic mass is 32.1. The van der Waals surface area contributed by atoms with Gasteiger partial charge in [0.15, 0.2) is 0 Å². The number of rotatable bonds is 2. The molecule has 0 saturated carbocycles. The SMILES string of the molecule is O=C(c1cc2c(s1)CCCCC2)N1CCCC1c1cccs1. The smallest absolute Gasteiger partial charge is 0.264 e. The third-order valence-electron chi connectivity index (χ3n) is 4.84. The molecule has 0 bridgehead atoms. The largest absolute Gasteiger partial charge is 0.330 e. The van der Waals surface area contributed by atoms with Crippen molar-refractivity contribution in [3.05, 3.63) is 43.8 Å². The van der Waals surface area contributed by atoms with E-state index in [1.807, 2.05) is 0 Å². The number of thiophene rings is 2. The van der Waals surface area contributed by atoms with E-state index in [1.54, 1.807) is 22.7 Å². The van der Waals surface area contributed by atoms with E-state index < -0.39 is 0 Å². The molecule has 22 heavy (non-hydrogen) atoms. The molecule has 3 heterocycles. The summed E-state index contributed by atoms with van der Waals surface area (Å²) in [5.41, 5.74) is 1.44. The molecule has 1 aliphatic heterocycles. The van der Waals surface area contributed by atoms with Crippen LogP contribution in [0.15, 0.2) is 23.6 Å². The fourth-order valence-corrected chi connectivity index (χ4v) is 5.78. The van der Waals surface area contributed by atoms with Crippen molar-refractivity contribution in [1.82, 2.24) is 4.90 Å². The van der Waals surface area contributed by atoms with Crippen LogP contribution in [-0.2, 0) is 12.8 Å². The van der Waals surface area contributed by atoms with Gasteiger partial charge in [0.25, 0.3) is 5.91 Å². The van der Waals surface area contributed by atoms with E-state index in [0.717, 1.165) is 30.7 Å². The first-order valence-electron chi connectivity index (χ1n) is 8.29. The number of nitrogens with zero attached hydrogens (tertiary/aromatic N) is 1. The molecule has 2 nitrogen and oxygen atoms in total. The van der Waals surface area contributed by atoms with Gasteiger partial charge in [-0.15, -0.1) is 22.7 Å². The molecular formula is C18H21NOS2. The van der Waals surface area contributed by atoms with Crippen molar-refractivity contribution in [2.45, 2.75) is 51.0 Å². The van der Waals surface area contributed by atoms with Crippen LogP contribution in [0.1, 0.15) is 63.1 Å². The predicted octanol–water partition coefficient (Wildman–Crippen LogP) is 5.06. The second-order valence-corrected chi connectivity index (χ2v) is 8.41. The molecule has 116 valence electrons. The molecule has 0 N–H and O–H groups in total. The van der Waals surface area contributed by atoms with Gasteiger partial charge in [0.1, 0.15) is 0 Å². The van der Waals surface area contributed by atoms with Gasteiger partial charge >= 0.3 is 0 Å². The average molecular weight is 332 g/mol.